The molecule has 0 bridgehead atoms. The van der Waals surface area contributed by atoms with Gasteiger partial charge in [-0.3, -0.25) is 4.79 Å². The maximum absolute atomic E-state index is 10.8. The number of amides is 1. The van der Waals surface area contributed by atoms with Crippen LogP contribution in [0.4, 0.5) is 0 Å². The lowest BCUT2D eigenvalue weighted by Gasteiger charge is -2.04. The number of nitrogens with one attached hydrogen (secondary N) is 1. The Morgan fingerprint density at radius 3 is 2.53 bits per heavy atom. The van der Waals surface area contributed by atoms with Gasteiger partial charge in [-0.15, -0.1) is 0 Å². The van der Waals surface area contributed by atoms with E-state index in [1.54, 1.807) is 12.1 Å². The van der Waals surface area contributed by atoms with Gasteiger partial charge in [-0.1, -0.05) is 25.5 Å². The molecule has 82 valence electrons. The van der Waals surface area contributed by atoms with E-state index >= 15 is 0 Å². The topological polar surface area (TPSA) is 55.1 Å². The second-order valence-corrected chi connectivity index (χ2v) is 3.59. The molecule has 0 aliphatic heterocycles. The zero-order chi connectivity index (χ0) is 11.1. The van der Waals surface area contributed by atoms with Crippen molar-refractivity contribution in [1.29, 1.82) is 0 Å². The minimum Gasteiger partial charge on any atom is -0.366 e. The van der Waals surface area contributed by atoms with Crippen LogP contribution in [0, 0.1) is 0 Å². The predicted octanol–water partition coefficient (Wildman–Crippen LogP) is 1.68. The summed E-state index contributed by atoms with van der Waals surface area (Å²) >= 11 is 0. The third kappa shape index (κ3) is 4.13. The Kier molecular flexibility index (Phi) is 4.84. The summed E-state index contributed by atoms with van der Waals surface area (Å²) in [5, 5.41) is 3.34. The van der Waals surface area contributed by atoms with Crippen molar-refractivity contribution >= 4 is 5.91 Å². The van der Waals surface area contributed by atoms with E-state index in [0.29, 0.717) is 5.56 Å². The largest absolute Gasteiger partial charge is 0.366 e. The number of rotatable bonds is 6. The average Bonchev–Trinajstić information content (AvgIpc) is 2.25. The zero-order valence-corrected chi connectivity index (χ0v) is 9.12. The van der Waals surface area contributed by atoms with Crippen LogP contribution >= 0.6 is 0 Å². The fourth-order valence-electron chi connectivity index (χ4n) is 1.32. The van der Waals surface area contributed by atoms with Crippen LogP contribution in [0.1, 0.15) is 35.7 Å². The molecule has 3 heteroatoms. The van der Waals surface area contributed by atoms with Crippen LogP contribution in [0.25, 0.3) is 0 Å². The number of hydrogen-bond acceptors (Lipinski definition) is 2. The number of unbranched alkanes of at least 4 members (excludes halogenated alkanes) is 1. The van der Waals surface area contributed by atoms with Gasteiger partial charge in [-0.05, 0) is 30.7 Å². The van der Waals surface area contributed by atoms with Crippen LogP contribution in [0.2, 0.25) is 0 Å². The van der Waals surface area contributed by atoms with Crippen molar-refractivity contribution in [3.8, 4) is 0 Å². The molecule has 0 radical (unpaired) electrons. The van der Waals surface area contributed by atoms with E-state index in [-0.39, 0.29) is 5.91 Å². The first-order valence-corrected chi connectivity index (χ1v) is 5.33. The fraction of sp³-hybridized carbons (Fsp3) is 0.417. The van der Waals surface area contributed by atoms with Gasteiger partial charge in [0, 0.05) is 12.1 Å². The van der Waals surface area contributed by atoms with Gasteiger partial charge in [0.2, 0.25) is 5.91 Å². The quantitative estimate of drug-likeness (QED) is 0.696. The highest BCUT2D eigenvalue weighted by Gasteiger charge is 1.98. The van der Waals surface area contributed by atoms with Crippen molar-refractivity contribution in [2.45, 2.75) is 26.3 Å². The Morgan fingerprint density at radius 1 is 1.33 bits per heavy atom. The van der Waals surface area contributed by atoms with Crippen LogP contribution in [0.3, 0.4) is 0 Å². The standard InChI is InChI=1S/C12H18N2O/c1-2-3-8-14-9-10-4-6-11(7-5-10)12(13)15/h4-7,14H,2-3,8-9H2,1H3,(H2,13,15). The van der Waals surface area contributed by atoms with Gasteiger partial charge in [0.25, 0.3) is 0 Å². The number of carbonyl (C=O) groups excluding carboxylic acids is 1. The molecule has 0 saturated carbocycles. The molecule has 1 aromatic carbocycles. The minimum absolute atomic E-state index is 0.375. The van der Waals surface area contributed by atoms with E-state index in [9.17, 15) is 4.79 Å². The first-order valence-electron chi connectivity index (χ1n) is 5.33. The number of carbonyl (C=O) groups is 1. The van der Waals surface area contributed by atoms with Gasteiger partial charge in [-0.2, -0.15) is 0 Å². The normalized spacial score (nSPS) is 10.2. The number of hydrogen-bond donors (Lipinski definition) is 2. The third-order valence-electron chi connectivity index (χ3n) is 2.27. The molecular formula is C12H18N2O. The summed E-state index contributed by atoms with van der Waals surface area (Å²) in [6.45, 7) is 4.05. The van der Waals surface area contributed by atoms with Crippen molar-refractivity contribution in [2.75, 3.05) is 6.54 Å². The molecule has 0 unspecified atom stereocenters. The maximum atomic E-state index is 10.8. The molecule has 1 rings (SSSR count). The summed E-state index contributed by atoms with van der Waals surface area (Å²) in [6.07, 6.45) is 2.40. The van der Waals surface area contributed by atoms with Gasteiger partial charge in [0.05, 0.1) is 0 Å². The second kappa shape index (κ2) is 6.19. The van der Waals surface area contributed by atoms with E-state index < -0.39 is 0 Å². The Balaban J connectivity index is 2.39. The van der Waals surface area contributed by atoms with Gasteiger partial charge in [0.15, 0.2) is 0 Å². The number of nitrogens with two attached hydrogens (primary N) is 1. The summed E-state index contributed by atoms with van der Waals surface area (Å²) in [7, 11) is 0. The fourth-order valence-corrected chi connectivity index (χ4v) is 1.32. The molecule has 3 nitrogen and oxygen atoms in total. The summed E-state index contributed by atoms with van der Waals surface area (Å²) in [5.74, 6) is -0.375. The Morgan fingerprint density at radius 2 is 2.00 bits per heavy atom. The molecule has 0 heterocycles. The van der Waals surface area contributed by atoms with Crippen molar-refractivity contribution in [1.82, 2.24) is 5.32 Å². The van der Waals surface area contributed by atoms with Gasteiger partial charge in [-0.25, -0.2) is 0 Å². The summed E-state index contributed by atoms with van der Waals surface area (Å²) < 4.78 is 0. The summed E-state index contributed by atoms with van der Waals surface area (Å²) in [6, 6.07) is 7.39. The van der Waals surface area contributed by atoms with E-state index in [2.05, 4.69) is 12.2 Å². The first-order chi connectivity index (χ1) is 7.24. The molecule has 0 fully saturated rings. The van der Waals surface area contributed by atoms with Crippen molar-refractivity contribution in [2.24, 2.45) is 5.73 Å². The van der Waals surface area contributed by atoms with Crippen molar-refractivity contribution < 1.29 is 4.79 Å². The molecule has 3 N–H and O–H groups in total. The third-order valence-corrected chi connectivity index (χ3v) is 2.27. The molecule has 0 aliphatic carbocycles. The van der Waals surface area contributed by atoms with Crippen LogP contribution < -0.4 is 11.1 Å². The number of primary amides is 1. The molecule has 0 atom stereocenters. The van der Waals surface area contributed by atoms with Crippen LogP contribution in [0.5, 0.6) is 0 Å². The zero-order valence-electron chi connectivity index (χ0n) is 9.12. The van der Waals surface area contributed by atoms with Crippen molar-refractivity contribution in [3.63, 3.8) is 0 Å². The monoisotopic (exact) mass is 206 g/mol. The lowest BCUT2D eigenvalue weighted by Crippen LogP contribution is -2.15. The minimum atomic E-state index is -0.375. The molecule has 15 heavy (non-hydrogen) atoms. The molecule has 0 aromatic heterocycles. The van der Waals surface area contributed by atoms with Crippen LogP contribution in [-0.4, -0.2) is 12.5 Å². The smallest absolute Gasteiger partial charge is 0.248 e. The van der Waals surface area contributed by atoms with Gasteiger partial charge >= 0.3 is 0 Å². The molecule has 1 aromatic rings. The predicted molar refractivity (Wildman–Crippen MR) is 61.6 cm³/mol. The maximum Gasteiger partial charge on any atom is 0.248 e. The highest BCUT2D eigenvalue weighted by Crippen LogP contribution is 2.03. The molecule has 0 saturated heterocycles. The molecule has 0 aliphatic rings. The second-order valence-electron chi connectivity index (χ2n) is 3.59. The SMILES string of the molecule is CCCCNCc1ccc(C(N)=O)cc1. The molecule has 0 spiro atoms. The summed E-state index contributed by atoms with van der Waals surface area (Å²) in [4.78, 5) is 10.8. The lowest BCUT2D eigenvalue weighted by atomic mass is 10.1. The lowest BCUT2D eigenvalue weighted by molar-refractivity contribution is 0.100. The van der Waals surface area contributed by atoms with E-state index in [4.69, 9.17) is 5.73 Å². The Bertz CT molecular complexity index is 306. The van der Waals surface area contributed by atoms with E-state index in [0.717, 1.165) is 13.1 Å². The average molecular weight is 206 g/mol. The highest BCUT2D eigenvalue weighted by molar-refractivity contribution is 5.92. The van der Waals surface area contributed by atoms with Crippen LogP contribution in [-0.2, 0) is 6.54 Å². The van der Waals surface area contributed by atoms with E-state index in [1.165, 1.54) is 18.4 Å². The molecular weight excluding hydrogens is 188 g/mol. The Hall–Kier alpha value is -1.35. The van der Waals surface area contributed by atoms with Crippen molar-refractivity contribution in [3.05, 3.63) is 35.4 Å². The van der Waals surface area contributed by atoms with Gasteiger partial charge in [0.1, 0.15) is 0 Å². The first kappa shape index (κ1) is 11.7. The van der Waals surface area contributed by atoms with Crippen LogP contribution in [0.15, 0.2) is 24.3 Å². The Labute approximate surface area is 90.7 Å². The van der Waals surface area contributed by atoms with Gasteiger partial charge < -0.3 is 11.1 Å². The van der Waals surface area contributed by atoms with E-state index in [1.807, 2.05) is 12.1 Å². The number of benzene rings is 1. The highest BCUT2D eigenvalue weighted by atomic mass is 16.1. The summed E-state index contributed by atoms with van der Waals surface area (Å²) in [5.41, 5.74) is 6.89. The molecule has 1 amide bonds.